The van der Waals surface area contributed by atoms with Gasteiger partial charge in [-0.3, -0.25) is 4.79 Å². The first kappa shape index (κ1) is 23.5. The number of amides is 2. The van der Waals surface area contributed by atoms with Crippen molar-refractivity contribution >= 4 is 17.7 Å². The first-order chi connectivity index (χ1) is 16.4. The third-order valence-corrected chi connectivity index (χ3v) is 6.11. The normalized spacial score (nSPS) is 13.1. The average Bonchev–Trinajstić information content (AvgIpc) is 3.16. The molecule has 0 bridgehead atoms. The molecule has 0 fully saturated rings. The van der Waals surface area contributed by atoms with E-state index in [4.69, 9.17) is 10.5 Å². The number of hydrogen-bond donors (Lipinski definition) is 3. The number of carbonyl (C=O) groups is 2. The highest BCUT2D eigenvalue weighted by Crippen LogP contribution is 2.44. The van der Waals surface area contributed by atoms with E-state index in [1.54, 1.807) is 32.2 Å². The zero-order chi connectivity index (χ0) is 24.2. The molecule has 34 heavy (non-hydrogen) atoms. The highest BCUT2D eigenvalue weighted by molar-refractivity contribution is 5.94. The summed E-state index contributed by atoms with van der Waals surface area (Å²) < 4.78 is 5.71. The number of hydrogen-bond acceptors (Lipinski definition) is 5. The van der Waals surface area contributed by atoms with E-state index in [1.165, 1.54) is 16.0 Å². The summed E-state index contributed by atoms with van der Waals surface area (Å²) in [6.45, 7) is 1.86. The predicted octanol–water partition coefficient (Wildman–Crippen LogP) is 3.85. The van der Waals surface area contributed by atoms with Gasteiger partial charge in [-0.25, -0.2) is 4.79 Å². The van der Waals surface area contributed by atoms with Crippen LogP contribution < -0.4 is 11.1 Å². The van der Waals surface area contributed by atoms with Gasteiger partial charge in [-0.15, -0.1) is 0 Å². The van der Waals surface area contributed by atoms with Crippen molar-refractivity contribution < 1.29 is 19.4 Å². The lowest BCUT2D eigenvalue weighted by molar-refractivity contribution is -0.117. The van der Waals surface area contributed by atoms with Gasteiger partial charge in [-0.05, 0) is 52.4 Å². The molecule has 4 rings (SSSR count). The third kappa shape index (κ3) is 4.81. The van der Waals surface area contributed by atoms with Crippen LogP contribution in [0, 0.1) is 0 Å². The van der Waals surface area contributed by atoms with Crippen LogP contribution in [0.5, 0.6) is 0 Å². The fourth-order valence-electron chi connectivity index (χ4n) is 4.29. The fraction of sp³-hybridized carbons (Fsp3) is 0.259. The van der Waals surface area contributed by atoms with Crippen LogP contribution in [0.25, 0.3) is 11.1 Å². The number of anilines is 1. The van der Waals surface area contributed by atoms with Crippen LogP contribution in [0.3, 0.4) is 0 Å². The lowest BCUT2D eigenvalue weighted by Crippen LogP contribution is -2.32. The van der Waals surface area contributed by atoms with Crippen molar-refractivity contribution in [1.29, 1.82) is 0 Å². The second-order valence-corrected chi connectivity index (χ2v) is 8.58. The lowest BCUT2D eigenvalue weighted by atomic mass is 9.98. The van der Waals surface area contributed by atoms with Gasteiger partial charge in [0.05, 0.1) is 12.6 Å². The first-order valence-electron chi connectivity index (χ1n) is 11.2. The molecule has 0 spiro atoms. The molecule has 1 aliphatic rings. The number of nitrogens with zero attached hydrogens (tertiary/aromatic N) is 1. The summed E-state index contributed by atoms with van der Waals surface area (Å²) in [6, 6.07) is 20.9. The van der Waals surface area contributed by atoms with Gasteiger partial charge < -0.3 is 25.8 Å². The Morgan fingerprint density at radius 2 is 1.65 bits per heavy atom. The number of fused-ring (bicyclic) bond motifs is 3. The Hall–Kier alpha value is -3.68. The number of rotatable bonds is 7. The summed E-state index contributed by atoms with van der Waals surface area (Å²) in [5.41, 5.74) is 12.2. The smallest absolute Gasteiger partial charge is 0.409 e. The maximum absolute atomic E-state index is 12.8. The van der Waals surface area contributed by atoms with Crippen molar-refractivity contribution in [3.8, 4) is 11.1 Å². The largest absolute Gasteiger partial charge is 0.448 e. The third-order valence-electron chi connectivity index (χ3n) is 6.11. The monoisotopic (exact) mass is 459 g/mol. The summed E-state index contributed by atoms with van der Waals surface area (Å²) in [4.78, 5) is 26.2. The molecule has 0 aromatic heterocycles. The molecule has 0 heterocycles. The highest BCUT2D eigenvalue weighted by Gasteiger charge is 2.29. The van der Waals surface area contributed by atoms with Crippen LogP contribution in [0.4, 0.5) is 10.5 Å². The Morgan fingerprint density at radius 1 is 1.03 bits per heavy atom. The van der Waals surface area contributed by atoms with Gasteiger partial charge in [0.2, 0.25) is 5.91 Å². The van der Waals surface area contributed by atoms with E-state index in [9.17, 15) is 14.7 Å². The van der Waals surface area contributed by atoms with Gasteiger partial charge in [-0.2, -0.15) is 0 Å². The molecule has 176 valence electrons. The minimum Gasteiger partial charge on any atom is -0.448 e. The van der Waals surface area contributed by atoms with E-state index in [0.29, 0.717) is 16.8 Å². The Morgan fingerprint density at radius 3 is 2.24 bits per heavy atom. The van der Waals surface area contributed by atoms with Crippen molar-refractivity contribution in [1.82, 2.24) is 4.90 Å². The van der Waals surface area contributed by atoms with Crippen molar-refractivity contribution in [3.05, 3.63) is 89.0 Å². The Bertz CT molecular complexity index is 1160. The fourth-order valence-corrected chi connectivity index (χ4v) is 4.29. The summed E-state index contributed by atoms with van der Waals surface area (Å²) in [5.74, 6) is -0.331. The van der Waals surface area contributed by atoms with Crippen LogP contribution in [0.1, 0.15) is 35.1 Å². The van der Waals surface area contributed by atoms with E-state index < -0.39 is 12.1 Å². The zero-order valence-electron chi connectivity index (χ0n) is 19.3. The molecule has 7 nitrogen and oxygen atoms in total. The molecule has 0 saturated heterocycles. The molecule has 1 aliphatic carbocycles. The van der Waals surface area contributed by atoms with E-state index in [2.05, 4.69) is 29.6 Å². The van der Waals surface area contributed by atoms with Gasteiger partial charge in [0.15, 0.2) is 0 Å². The zero-order valence-corrected chi connectivity index (χ0v) is 19.3. The standard InChI is InChI=1S/C27H29N3O4/c1-17(28)26(32)29-20-12-11-18(15-31)19(13-20)14-30(2)27(33)34-16-25-23-9-5-3-7-21(23)22-8-4-6-10-24(22)25/h3-13,17,25,31H,14-16,28H2,1-2H3,(H,29,32). The second kappa shape index (κ2) is 10.1. The van der Waals surface area contributed by atoms with E-state index in [-0.39, 0.29) is 31.6 Å². The molecule has 1 atom stereocenters. The minimum absolute atomic E-state index is 0.0189. The first-order valence-corrected chi connectivity index (χ1v) is 11.2. The second-order valence-electron chi connectivity index (χ2n) is 8.58. The molecule has 0 saturated carbocycles. The van der Waals surface area contributed by atoms with Gasteiger partial charge in [0.25, 0.3) is 0 Å². The van der Waals surface area contributed by atoms with Gasteiger partial charge in [-0.1, -0.05) is 54.6 Å². The number of carbonyl (C=O) groups excluding carboxylic acids is 2. The van der Waals surface area contributed by atoms with Crippen LogP contribution in [-0.4, -0.2) is 41.7 Å². The summed E-state index contributed by atoms with van der Waals surface area (Å²) in [5, 5.41) is 12.5. The maximum atomic E-state index is 12.8. The number of aliphatic hydroxyl groups excluding tert-OH is 1. The van der Waals surface area contributed by atoms with Crippen molar-refractivity contribution in [2.24, 2.45) is 5.73 Å². The molecule has 1 unspecified atom stereocenters. The van der Waals surface area contributed by atoms with Crippen molar-refractivity contribution in [2.75, 3.05) is 19.0 Å². The number of ether oxygens (including phenoxy) is 1. The van der Waals surface area contributed by atoms with E-state index in [1.807, 2.05) is 24.3 Å². The Balaban J connectivity index is 1.45. The average molecular weight is 460 g/mol. The lowest BCUT2D eigenvalue weighted by Gasteiger charge is -2.21. The van der Waals surface area contributed by atoms with Gasteiger partial charge in [0, 0.05) is 25.2 Å². The van der Waals surface area contributed by atoms with Crippen LogP contribution in [0.15, 0.2) is 66.7 Å². The highest BCUT2D eigenvalue weighted by atomic mass is 16.6. The molecule has 4 N–H and O–H groups in total. The van der Waals surface area contributed by atoms with Crippen LogP contribution in [-0.2, 0) is 22.7 Å². The molecule has 3 aromatic rings. The predicted molar refractivity (Wildman–Crippen MR) is 131 cm³/mol. The summed E-state index contributed by atoms with van der Waals surface area (Å²) in [6.07, 6.45) is -0.462. The number of nitrogens with two attached hydrogens (primary N) is 1. The number of nitrogens with one attached hydrogen (secondary N) is 1. The number of aliphatic hydroxyl groups is 1. The Labute approximate surface area is 199 Å². The van der Waals surface area contributed by atoms with Crippen molar-refractivity contribution in [2.45, 2.75) is 32.0 Å². The van der Waals surface area contributed by atoms with Gasteiger partial charge in [0.1, 0.15) is 6.61 Å². The van der Waals surface area contributed by atoms with Crippen LogP contribution >= 0.6 is 0 Å². The van der Waals surface area contributed by atoms with E-state index >= 15 is 0 Å². The number of benzene rings is 3. The summed E-state index contributed by atoms with van der Waals surface area (Å²) in [7, 11) is 1.65. The quantitative estimate of drug-likeness (QED) is 0.498. The van der Waals surface area contributed by atoms with E-state index in [0.717, 1.165) is 11.1 Å². The van der Waals surface area contributed by atoms with Crippen LogP contribution in [0.2, 0.25) is 0 Å². The molecule has 0 radical (unpaired) electrons. The van der Waals surface area contributed by atoms with Gasteiger partial charge >= 0.3 is 6.09 Å². The SMILES string of the molecule is CC(N)C(=O)Nc1ccc(CO)c(CN(C)C(=O)OCC2c3ccccc3-c3ccccc32)c1. The topological polar surface area (TPSA) is 105 Å². The Kier molecular flexibility index (Phi) is 6.95. The molecular weight excluding hydrogens is 430 g/mol. The molecule has 7 heteroatoms. The maximum Gasteiger partial charge on any atom is 0.409 e. The minimum atomic E-state index is -0.649. The summed E-state index contributed by atoms with van der Waals surface area (Å²) >= 11 is 0. The molecular formula is C27H29N3O4. The molecule has 2 amide bonds. The molecule has 0 aliphatic heterocycles. The van der Waals surface area contributed by atoms with Crippen molar-refractivity contribution in [3.63, 3.8) is 0 Å². The molecule has 3 aromatic carbocycles.